The van der Waals surface area contributed by atoms with Crippen LogP contribution in [0.3, 0.4) is 0 Å². The van der Waals surface area contributed by atoms with Crippen LogP contribution >= 0.6 is 11.8 Å². The van der Waals surface area contributed by atoms with Gasteiger partial charge in [-0.3, -0.25) is 9.59 Å². The lowest BCUT2D eigenvalue weighted by Crippen LogP contribution is -2.47. The molecule has 0 saturated heterocycles. The summed E-state index contributed by atoms with van der Waals surface area (Å²) in [5.41, 5.74) is 2.49. The van der Waals surface area contributed by atoms with E-state index in [0.717, 1.165) is 21.7 Å². The number of hydrogen-bond donors (Lipinski definition) is 1. The quantitative estimate of drug-likeness (QED) is 0.546. The number of thioether (sulfide) groups is 1. The molecule has 0 spiro atoms. The van der Waals surface area contributed by atoms with Crippen LogP contribution in [0.15, 0.2) is 77.7 Å². The molecule has 2 amide bonds. The van der Waals surface area contributed by atoms with E-state index in [1.54, 1.807) is 31.1 Å². The zero-order valence-corrected chi connectivity index (χ0v) is 19.3. The zero-order chi connectivity index (χ0) is 23.4. The fourth-order valence-electron chi connectivity index (χ4n) is 3.82. The monoisotopic (exact) mass is 464 g/mol. The van der Waals surface area contributed by atoms with E-state index >= 15 is 0 Å². The number of hydrogen-bond acceptors (Lipinski definition) is 4. The number of anilines is 1. The lowest BCUT2D eigenvalue weighted by Gasteiger charge is -2.35. The highest BCUT2D eigenvalue weighted by Gasteiger charge is 2.39. The maximum Gasteiger partial charge on any atom is 0.241 e. The van der Waals surface area contributed by atoms with E-state index in [1.165, 1.54) is 23.9 Å². The highest BCUT2D eigenvalue weighted by Crippen LogP contribution is 2.42. The fourth-order valence-corrected chi connectivity index (χ4v) is 5.11. The maximum absolute atomic E-state index is 13.5. The van der Waals surface area contributed by atoms with Crippen LogP contribution in [-0.4, -0.2) is 24.2 Å². The number of methoxy groups -OCH3 is 1. The van der Waals surface area contributed by atoms with E-state index in [0.29, 0.717) is 18.8 Å². The second-order valence-corrected chi connectivity index (χ2v) is 9.06. The number of halogens is 1. The molecule has 0 unspecified atom stereocenters. The number of nitrogens with zero attached hydrogens (tertiary/aromatic N) is 1. The minimum atomic E-state index is -0.571. The smallest absolute Gasteiger partial charge is 0.241 e. The summed E-state index contributed by atoms with van der Waals surface area (Å²) in [6.07, 6.45) is 0. The summed E-state index contributed by atoms with van der Waals surface area (Å²) < 4.78 is 18.7. The van der Waals surface area contributed by atoms with Crippen molar-refractivity contribution in [2.75, 3.05) is 12.0 Å². The molecule has 0 fully saturated rings. The van der Waals surface area contributed by atoms with Crippen LogP contribution in [-0.2, 0) is 22.7 Å². The molecule has 1 heterocycles. The Bertz CT molecular complexity index is 1150. The van der Waals surface area contributed by atoms with Gasteiger partial charge in [0.15, 0.2) is 0 Å². The fraction of sp³-hybridized carbons (Fsp3) is 0.231. The maximum atomic E-state index is 13.5. The molecule has 7 heteroatoms. The van der Waals surface area contributed by atoms with Crippen LogP contribution in [0.25, 0.3) is 0 Å². The second kappa shape index (κ2) is 10.1. The highest BCUT2D eigenvalue weighted by atomic mass is 32.2. The Morgan fingerprint density at radius 3 is 2.55 bits per heavy atom. The first-order valence-electron chi connectivity index (χ1n) is 10.7. The van der Waals surface area contributed by atoms with Crippen molar-refractivity contribution in [2.24, 2.45) is 5.92 Å². The van der Waals surface area contributed by atoms with Crippen LogP contribution in [0.2, 0.25) is 0 Å². The SMILES string of the molecule is COc1ccccc1CNC(=O)[C@@H](C)[C@H]1Sc2ccccc2N(Cc2ccc(F)cc2)C1=O. The van der Waals surface area contributed by atoms with E-state index in [1.807, 2.05) is 48.5 Å². The molecule has 1 aliphatic heterocycles. The lowest BCUT2D eigenvalue weighted by molar-refractivity contribution is -0.128. The van der Waals surface area contributed by atoms with Gasteiger partial charge in [0.2, 0.25) is 11.8 Å². The number of nitrogens with one attached hydrogen (secondary N) is 1. The summed E-state index contributed by atoms with van der Waals surface area (Å²) in [5.74, 6) is -0.511. The Hall–Kier alpha value is -3.32. The van der Waals surface area contributed by atoms with Crippen LogP contribution in [0, 0.1) is 11.7 Å². The first-order chi connectivity index (χ1) is 16.0. The van der Waals surface area contributed by atoms with Gasteiger partial charge >= 0.3 is 0 Å². The van der Waals surface area contributed by atoms with Crippen molar-refractivity contribution in [1.29, 1.82) is 0 Å². The normalized spacial score (nSPS) is 16.2. The number of amides is 2. The minimum absolute atomic E-state index is 0.136. The van der Waals surface area contributed by atoms with E-state index in [4.69, 9.17) is 4.74 Å². The molecule has 0 radical (unpaired) electrons. The van der Waals surface area contributed by atoms with Crippen LogP contribution in [0.4, 0.5) is 10.1 Å². The van der Waals surface area contributed by atoms with E-state index < -0.39 is 11.2 Å². The molecule has 170 valence electrons. The Kier molecular flexibility index (Phi) is 6.99. The van der Waals surface area contributed by atoms with Crippen molar-refractivity contribution in [3.05, 3.63) is 89.7 Å². The van der Waals surface area contributed by atoms with E-state index in [9.17, 15) is 14.0 Å². The summed E-state index contributed by atoms with van der Waals surface area (Å²) in [4.78, 5) is 29.1. The zero-order valence-electron chi connectivity index (χ0n) is 18.5. The molecular weight excluding hydrogens is 439 g/mol. The molecule has 1 N–H and O–H groups in total. The molecule has 0 saturated carbocycles. The number of benzene rings is 3. The van der Waals surface area contributed by atoms with E-state index in [-0.39, 0.29) is 17.6 Å². The molecule has 2 atom stereocenters. The molecule has 1 aliphatic rings. The average molecular weight is 465 g/mol. The third-order valence-corrected chi connectivity index (χ3v) is 7.15. The average Bonchev–Trinajstić information content (AvgIpc) is 2.85. The Morgan fingerprint density at radius 2 is 1.79 bits per heavy atom. The summed E-state index contributed by atoms with van der Waals surface area (Å²) >= 11 is 1.41. The van der Waals surface area contributed by atoms with Crippen LogP contribution in [0.1, 0.15) is 18.1 Å². The molecule has 0 aromatic heterocycles. The van der Waals surface area contributed by atoms with Gasteiger partial charge < -0.3 is 15.0 Å². The lowest BCUT2D eigenvalue weighted by atomic mass is 10.0. The molecule has 4 rings (SSSR count). The highest BCUT2D eigenvalue weighted by molar-refractivity contribution is 8.01. The van der Waals surface area contributed by atoms with Crippen molar-refractivity contribution in [1.82, 2.24) is 5.32 Å². The largest absolute Gasteiger partial charge is 0.496 e. The number of ether oxygens (including phenoxy) is 1. The van der Waals surface area contributed by atoms with E-state index in [2.05, 4.69) is 5.32 Å². The van der Waals surface area contributed by atoms with Gasteiger partial charge in [-0.05, 0) is 35.9 Å². The van der Waals surface area contributed by atoms with Crippen molar-refractivity contribution in [2.45, 2.75) is 30.2 Å². The number of rotatable bonds is 7. The Morgan fingerprint density at radius 1 is 1.09 bits per heavy atom. The van der Waals surface area contributed by atoms with Gasteiger partial charge in [-0.25, -0.2) is 4.39 Å². The third kappa shape index (κ3) is 5.03. The second-order valence-electron chi connectivity index (χ2n) is 7.88. The van der Waals surface area contributed by atoms with Crippen molar-refractivity contribution >= 4 is 29.3 Å². The predicted octanol–water partition coefficient (Wildman–Crippen LogP) is 4.79. The van der Waals surface area contributed by atoms with Gasteiger partial charge in [0.25, 0.3) is 0 Å². The van der Waals surface area contributed by atoms with Gasteiger partial charge in [0.1, 0.15) is 16.8 Å². The third-order valence-electron chi connectivity index (χ3n) is 5.69. The number of para-hydroxylation sites is 2. The van der Waals surface area contributed by atoms with Crippen molar-refractivity contribution in [3.8, 4) is 5.75 Å². The van der Waals surface area contributed by atoms with Crippen LogP contribution in [0.5, 0.6) is 5.75 Å². The van der Waals surface area contributed by atoms with Gasteiger partial charge in [0, 0.05) is 17.0 Å². The summed E-state index contributed by atoms with van der Waals surface area (Å²) in [6.45, 7) is 2.40. The molecule has 3 aromatic rings. The van der Waals surface area contributed by atoms with Gasteiger partial charge in [-0.15, -0.1) is 11.8 Å². The summed E-state index contributed by atoms with van der Waals surface area (Å²) in [6, 6.07) is 21.3. The molecule has 5 nitrogen and oxygen atoms in total. The molecule has 3 aromatic carbocycles. The standard InChI is InChI=1S/C26H25FN2O3S/c1-17(25(30)28-15-19-7-3-5-9-22(19)32-2)24-26(31)29(16-18-11-13-20(27)14-12-18)21-8-4-6-10-23(21)33-24/h3-14,17,24H,15-16H2,1-2H3,(H,28,30)/t17-,24+/m0/s1. The molecular formula is C26H25FN2O3S. The molecule has 0 aliphatic carbocycles. The van der Waals surface area contributed by atoms with Crippen molar-refractivity contribution in [3.63, 3.8) is 0 Å². The van der Waals surface area contributed by atoms with Gasteiger partial charge in [-0.2, -0.15) is 0 Å². The Balaban J connectivity index is 1.52. The molecule has 33 heavy (non-hydrogen) atoms. The van der Waals surface area contributed by atoms with Crippen molar-refractivity contribution < 1.29 is 18.7 Å². The van der Waals surface area contributed by atoms with Gasteiger partial charge in [0.05, 0.1) is 25.3 Å². The summed E-state index contributed by atoms with van der Waals surface area (Å²) in [7, 11) is 1.59. The number of fused-ring (bicyclic) bond motifs is 1. The number of carbonyl (C=O) groups excluding carboxylic acids is 2. The summed E-state index contributed by atoms with van der Waals surface area (Å²) in [5, 5.41) is 2.37. The van der Waals surface area contributed by atoms with Crippen LogP contribution < -0.4 is 15.0 Å². The first kappa shape index (κ1) is 22.9. The number of carbonyl (C=O) groups is 2. The molecule has 0 bridgehead atoms. The van der Waals surface area contributed by atoms with Gasteiger partial charge in [-0.1, -0.05) is 49.4 Å². The Labute approximate surface area is 196 Å². The topological polar surface area (TPSA) is 58.6 Å². The minimum Gasteiger partial charge on any atom is -0.496 e. The first-order valence-corrected chi connectivity index (χ1v) is 11.6. The predicted molar refractivity (Wildman–Crippen MR) is 128 cm³/mol.